The Morgan fingerprint density at radius 1 is 0.810 bits per heavy atom. The Morgan fingerprint density at radius 3 is 1.76 bits per heavy atom. The molecule has 2 aromatic rings. The Kier molecular flexibility index (Phi) is 5.04. The number of allylic oxidation sites excluding steroid dienone is 4. The molecule has 105 valence electrons. The molecule has 1 aliphatic carbocycles. The zero-order valence-electron chi connectivity index (χ0n) is 12.5. The third-order valence-corrected chi connectivity index (χ3v) is 11.8. The minimum absolute atomic E-state index is 1.21. The second-order valence-electron chi connectivity index (χ2n) is 5.70. The van der Waals surface area contributed by atoms with E-state index in [-0.39, 0.29) is 0 Å². The molecule has 1 aliphatic rings. The zero-order valence-corrected chi connectivity index (χ0v) is 15.0. The first kappa shape index (κ1) is 14.7. The maximum atomic E-state index is 2.35. The van der Waals surface area contributed by atoms with Gasteiger partial charge in [0.1, 0.15) is 0 Å². The summed E-state index contributed by atoms with van der Waals surface area (Å²) in [4.78, 5) is 0. The van der Waals surface area contributed by atoms with Gasteiger partial charge in [0.15, 0.2) is 0 Å². The number of hydrogen-bond donors (Lipinski definition) is 0. The molecule has 0 atom stereocenters. The molecule has 0 unspecified atom stereocenters. The average molecular weight is 353 g/mol. The summed E-state index contributed by atoms with van der Waals surface area (Å²) >= 11 is -1.64. The minimum atomic E-state index is -1.64. The van der Waals surface area contributed by atoms with Gasteiger partial charge in [-0.2, -0.15) is 0 Å². The molecule has 0 nitrogen and oxygen atoms in total. The van der Waals surface area contributed by atoms with Gasteiger partial charge in [0, 0.05) is 0 Å². The predicted octanol–water partition coefficient (Wildman–Crippen LogP) is 5.24. The summed E-state index contributed by atoms with van der Waals surface area (Å²) in [5.41, 5.74) is 4.60. The average Bonchev–Trinajstić information content (AvgIpc) is 2.95. The Balaban J connectivity index is 1.83. The summed E-state index contributed by atoms with van der Waals surface area (Å²) in [6.07, 6.45) is 5.88. The normalized spacial score (nSPS) is 13.8. The van der Waals surface area contributed by atoms with Crippen LogP contribution in [0, 0.1) is 0 Å². The van der Waals surface area contributed by atoms with Gasteiger partial charge in [-0.3, -0.25) is 0 Å². The molecule has 2 aromatic carbocycles. The number of hydrogen-bond acceptors (Lipinski definition) is 0. The standard InChI is InChI=1S/2C7H7.C6H7.Zr/c2*1-7-5-3-2-4-6-7;1-6-4-2-3-5-6;/h2*2-6H,1H2;2,4H,3H2,1H3;. The van der Waals surface area contributed by atoms with Crippen molar-refractivity contribution in [2.75, 3.05) is 0 Å². The molecule has 0 radical (unpaired) electrons. The summed E-state index contributed by atoms with van der Waals surface area (Å²) in [6, 6.07) is 22.1. The maximum absolute atomic E-state index is 2.35. The van der Waals surface area contributed by atoms with E-state index in [1.54, 1.807) is 5.57 Å². The van der Waals surface area contributed by atoms with Crippen molar-refractivity contribution in [2.45, 2.75) is 21.6 Å². The van der Waals surface area contributed by atoms with Gasteiger partial charge in [0.2, 0.25) is 0 Å². The molecule has 0 N–H and O–H groups in total. The quantitative estimate of drug-likeness (QED) is 0.690. The van der Waals surface area contributed by atoms with Crippen molar-refractivity contribution in [3.8, 4) is 0 Å². The molecule has 0 aromatic heterocycles. The van der Waals surface area contributed by atoms with Crippen LogP contribution in [0.5, 0.6) is 0 Å². The Hall–Kier alpha value is -1.20. The third-order valence-electron chi connectivity index (χ3n) is 4.11. The second kappa shape index (κ2) is 7.18. The SMILES string of the molecule is CC1=[C]([Zr]([CH2]c2ccccc2)[CH2]c2ccccc2)CC=C1. The Labute approximate surface area is 135 Å². The van der Waals surface area contributed by atoms with Gasteiger partial charge in [-0.1, -0.05) is 0 Å². The molecule has 0 aliphatic heterocycles. The van der Waals surface area contributed by atoms with Crippen LogP contribution >= 0.6 is 0 Å². The van der Waals surface area contributed by atoms with E-state index in [1.807, 2.05) is 3.28 Å². The van der Waals surface area contributed by atoms with Crippen molar-refractivity contribution >= 4 is 0 Å². The van der Waals surface area contributed by atoms with Crippen LogP contribution in [0.25, 0.3) is 0 Å². The van der Waals surface area contributed by atoms with Crippen molar-refractivity contribution < 1.29 is 21.8 Å². The van der Waals surface area contributed by atoms with Gasteiger partial charge in [-0.25, -0.2) is 0 Å². The molecule has 0 heterocycles. The summed E-state index contributed by atoms with van der Waals surface area (Å²) in [5, 5.41) is 0. The van der Waals surface area contributed by atoms with Crippen LogP contribution in [-0.2, 0) is 30.0 Å². The molecule has 0 amide bonds. The van der Waals surface area contributed by atoms with Gasteiger partial charge in [0.05, 0.1) is 0 Å². The molecule has 0 saturated carbocycles. The zero-order chi connectivity index (χ0) is 14.5. The first-order valence-corrected chi connectivity index (χ1v) is 12.3. The van der Waals surface area contributed by atoms with Crippen molar-refractivity contribution in [3.05, 3.63) is 92.8 Å². The first-order valence-electron chi connectivity index (χ1n) is 7.62. The van der Waals surface area contributed by atoms with E-state index >= 15 is 0 Å². The molecule has 1 heteroatoms. The topological polar surface area (TPSA) is 0 Å². The van der Waals surface area contributed by atoms with Crippen LogP contribution in [0.4, 0.5) is 0 Å². The van der Waals surface area contributed by atoms with Crippen LogP contribution in [0.15, 0.2) is 81.7 Å². The predicted molar refractivity (Wildman–Crippen MR) is 86.7 cm³/mol. The van der Waals surface area contributed by atoms with Crippen molar-refractivity contribution in [1.82, 2.24) is 0 Å². The van der Waals surface area contributed by atoms with E-state index in [0.29, 0.717) is 0 Å². The summed E-state index contributed by atoms with van der Waals surface area (Å²) in [5.74, 6) is 0. The van der Waals surface area contributed by atoms with E-state index in [0.717, 1.165) is 0 Å². The van der Waals surface area contributed by atoms with Gasteiger partial charge < -0.3 is 0 Å². The molecular weight excluding hydrogens is 331 g/mol. The number of rotatable bonds is 5. The van der Waals surface area contributed by atoms with E-state index < -0.39 is 21.8 Å². The summed E-state index contributed by atoms with van der Waals surface area (Å²) in [6.45, 7) is 2.30. The van der Waals surface area contributed by atoms with Gasteiger partial charge in [0.25, 0.3) is 0 Å². The van der Waals surface area contributed by atoms with Crippen molar-refractivity contribution in [3.63, 3.8) is 0 Å². The Bertz CT molecular complexity index is 597. The van der Waals surface area contributed by atoms with Crippen LogP contribution in [0.3, 0.4) is 0 Å². The fraction of sp³-hybridized carbons (Fsp3) is 0.200. The van der Waals surface area contributed by atoms with Crippen molar-refractivity contribution in [2.24, 2.45) is 0 Å². The van der Waals surface area contributed by atoms with Crippen LogP contribution in [0.1, 0.15) is 24.5 Å². The third kappa shape index (κ3) is 3.92. The van der Waals surface area contributed by atoms with E-state index in [4.69, 9.17) is 0 Å². The molecule has 0 saturated heterocycles. The molecule has 0 bridgehead atoms. The van der Waals surface area contributed by atoms with E-state index in [2.05, 4.69) is 79.7 Å². The van der Waals surface area contributed by atoms with Crippen LogP contribution in [0.2, 0.25) is 0 Å². The molecular formula is C20H21Zr. The van der Waals surface area contributed by atoms with E-state index in [1.165, 1.54) is 25.8 Å². The Morgan fingerprint density at radius 2 is 1.33 bits per heavy atom. The van der Waals surface area contributed by atoms with Crippen LogP contribution in [-0.4, -0.2) is 0 Å². The van der Waals surface area contributed by atoms with Crippen LogP contribution < -0.4 is 0 Å². The van der Waals surface area contributed by atoms with Gasteiger partial charge in [-0.15, -0.1) is 0 Å². The number of benzene rings is 2. The van der Waals surface area contributed by atoms with E-state index in [9.17, 15) is 0 Å². The fourth-order valence-corrected chi connectivity index (χ4v) is 10.5. The summed E-state index contributed by atoms with van der Waals surface area (Å²) in [7, 11) is 0. The van der Waals surface area contributed by atoms with Gasteiger partial charge in [-0.05, 0) is 0 Å². The molecule has 3 rings (SSSR count). The monoisotopic (exact) mass is 351 g/mol. The fourth-order valence-electron chi connectivity index (χ4n) is 3.00. The molecule has 21 heavy (non-hydrogen) atoms. The molecule has 0 fully saturated rings. The molecule has 0 spiro atoms. The second-order valence-corrected chi connectivity index (χ2v) is 11.9. The van der Waals surface area contributed by atoms with Gasteiger partial charge >= 0.3 is 136 Å². The van der Waals surface area contributed by atoms with Crippen molar-refractivity contribution in [1.29, 1.82) is 0 Å². The first-order chi connectivity index (χ1) is 10.3. The summed E-state index contributed by atoms with van der Waals surface area (Å²) < 4.78 is 4.46.